The van der Waals surface area contributed by atoms with Crippen LogP contribution >= 0.6 is 11.6 Å². The molecule has 2 N–H and O–H groups in total. The van der Waals surface area contributed by atoms with Gasteiger partial charge in [-0.15, -0.1) is 0 Å². The number of amides is 1. The number of benzene rings is 1. The molecule has 1 aliphatic heterocycles. The maximum absolute atomic E-state index is 11.8. The van der Waals surface area contributed by atoms with Gasteiger partial charge >= 0.3 is 0 Å². The van der Waals surface area contributed by atoms with Crippen molar-refractivity contribution in [3.8, 4) is 0 Å². The van der Waals surface area contributed by atoms with E-state index in [4.69, 9.17) is 11.6 Å². The van der Waals surface area contributed by atoms with Crippen molar-refractivity contribution in [2.75, 3.05) is 13.1 Å². The molecular formula is C12H14ClN3O. The van der Waals surface area contributed by atoms with Gasteiger partial charge in [-0.2, -0.15) is 0 Å². The summed E-state index contributed by atoms with van der Waals surface area (Å²) >= 11 is 5.81. The number of nitrogens with one attached hydrogen (secondary N) is 2. The molecule has 0 spiro atoms. The minimum Gasteiger partial charge on any atom is -0.364 e. The lowest BCUT2D eigenvalue weighted by molar-refractivity contribution is -0.115. The SMILES string of the molecule is CC(NC(=O)C1=NCCN1)c1ccc(Cl)cc1. The Morgan fingerprint density at radius 3 is 2.76 bits per heavy atom. The fraction of sp³-hybridized carbons (Fsp3) is 0.333. The van der Waals surface area contributed by atoms with Gasteiger partial charge in [0.2, 0.25) is 0 Å². The summed E-state index contributed by atoms with van der Waals surface area (Å²) in [5, 5.41) is 6.51. The molecule has 1 atom stereocenters. The van der Waals surface area contributed by atoms with Crippen molar-refractivity contribution in [3.05, 3.63) is 34.9 Å². The molecule has 0 saturated carbocycles. The highest BCUT2D eigenvalue weighted by Gasteiger charge is 2.17. The van der Waals surface area contributed by atoms with Crippen molar-refractivity contribution >= 4 is 23.3 Å². The van der Waals surface area contributed by atoms with Crippen LogP contribution in [0, 0.1) is 0 Å². The van der Waals surface area contributed by atoms with Gasteiger partial charge < -0.3 is 10.6 Å². The first-order chi connectivity index (χ1) is 8.16. The van der Waals surface area contributed by atoms with Gasteiger partial charge in [0.05, 0.1) is 12.6 Å². The Morgan fingerprint density at radius 2 is 2.18 bits per heavy atom. The Balaban J connectivity index is 1.98. The molecule has 1 aliphatic rings. The van der Waals surface area contributed by atoms with Crippen LogP contribution in [0.5, 0.6) is 0 Å². The lowest BCUT2D eigenvalue weighted by Gasteiger charge is -2.14. The standard InChI is InChI=1S/C12H14ClN3O/c1-8(9-2-4-10(13)5-3-9)16-12(17)11-14-6-7-15-11/h2-5,8H,6-7H2,1H3,(H,14,15)(H,16,17). The van der Waals surface area contributed by atoms with Crippen molar-refractivity contribution in [3.63, 3.8) is 0 Å². The molecule has 0 aliphatic carbocycles. The van der Waals surface area contributed by atoms with E-state index in [1.165, 1.54) is 0 Å². The molecule has 0 aromatic heterocycles. The smallest absolute Gasteiger partial charge is 0.286 e. The van der Waals surface area contributed by atoms with E-state index in [0.29, 0.717) is 17.4 Å². The van der Waals surface area contributed by atoms with Crippen molar-refractivity contribution in [1.82, 2.24) is 10.6 Å². The van der Waals surface area contributed by atoms with Crippen molar-refractivity contribution in [1.29, 1.82) is 0 Å². The van der Waals surface area contributed by atoms with E-state index in [9.17, 15) is 4.79 Å². The van der Waals surface area contributed by atoms with Crippen molar-refractivity contribution in [2.45, 2.75) is 13.0 Å². The first kappa shape index (κ1) is 11.9. The molecule has 17 heavy (non-hydrogen) atoms. The number of carbonyl (C=O) groups excluding carboxylic acids is 1. The van der Waals surface area contributed by atoms with Crippen LogP contribution in [-0.4, -0.2) is 24.8 Å². The summed E-state index contributed by atoms with van der Waals surface area (Å²) in [7, 11) is 0. The second kappa shape index (κ2) is 5.19. The van der Waals surface area contributed by atoms with Gasteiger partial charge in [0.1, 0.15) is 0 Å². The van der Waals surface area contributed by atoms with Crippen LogP contribution in [0.4, 0.5) is 0 Å². The summed E-state index contributed by atoms with van der Waals surface area (Å²) in [6.45, 7) is 3.33. The van der Waals surface area contributed by atoms with Gasteiger partial charge in [-0.05, 0) is 24.6 Å². The molecule has 1 aromatic rings. The summed E-state index contributed by atoms with van der Waals surface area (Å²) in [5.41, 5.74) is 1.02. The average Bonchev–Trinajstić information content (AvgIpc) is 2.83. The summed E-state index contributed by atoms with van der Waals surface area (Å²) in [5.74, 6) is 0.260. The normalized spacial score (nSPS) is 16.0. The third kappa shape index (κ3) is 2.97. The van der Waals surface area contributed by atoms with Gasteiger partial charge in [-0.25, -0.2) is 0 Å². The van der Waals surface area contributed by atoms with E-state index in [2.05, 4.69) is 15.6 Å². The van der Waals surface area contributed by atoms with Crippen LogP contribution in [0.3, 0.4) is 0 Å². The van der Waals surface area contributed by atoms with E-state index in [-0.39, 0.29) is 11.9 Å². The van der Waals surface area contributed by atoms with E-state index in [0.717, 1.165) is 12.1 Å². The Kier molecular flexibility index (Phi) is 3.64. The number of halogens is 1. The first-order valence-electron chi connectivity index (χ1n) is 5.51. The fourth-order valence-electron chi connectivity index (χ4n) is 1.65. The monoisotopic (exact) mass is 251 g/mol. The Labute approximate surface area is 105 Å². The molecule has 0 saturated heterocycles. The third-order valence-electron chi connectivity index (χ3n) is 2.61. The lowest BCUT2D eigenvalue weighted by atomic mass is 10.1. The third-order valence-corrected chi connectivity index (χ3v) is 2.86. The molecule has 0 radical (unpaired) electrons. The maximum atomic E-state index is 11.8. The maximum Gasteiger partial charge on any atom is 0.286 e. The van der Waals surface area contributed by atoms with E-state index < -0.39 is 0 Å². The summed E-state index contributed by atoms with van der Waals surface area (Å²) < 4.78 is 0. The van der Waals surface area contributed by atoms with Crippen LogP contribution in [0.15, 0.2) is 29.3 Å². The van der Waals surface area contributed by atoms with Crippen LogP contribution in [0.25, 0.3) is 0 Å². The zero-order valence-corrected chi connectivity index (χ0v) is 10.3. The van der Waals surface area contributed by atoms with Gasteiger partial charge in [-0.1, -0.05) is 23.7 Å². The van der Waals surface area contributed by atoms with Gasteiger partial charge in [0, 0.05) is 11.6 Å². The number of hydrogen-bond donors (Lipinski definition) is 2. The number of rotatable bonds is 3. The highest BCUT2D eigenvalue weighted by molar-refractivity contribution is 6.38. The van der Waals surface area contributed by atoms with E-state index >= 15 is 0 Å². The molecule has 1 amide bonds. The van der Waals surface area contributed by atoms with Crippen LogP contribution in [0.2, 0.25) is 5.02 Å². The predicted molar refractivity (Wildman–Crippen MR) is 68.3 cm³/mol. The molecule has 0 fully saturated rings. The number of hydrogen-bond acceptors (Lipinski definition) is 3. The highest BCUT2D eigenvalue weighted by atomic mass is 35.5. The second-order valence-electron chi connectivity index (χ2n) is 3.90. The molecule has 4 nitrogen and oxygen atoms in total. The number of aliphatic imine (C=N–C) groups is 1. The summed E-state index contributed by atoms with van der Waals surface area (Å²) in [6.07, 6.45) is 0. The highest BCUT2D eigenvalue weighted by Crippen LogP contribution is 2.15. The molecule has 1 unspecified atom stereocenters. The summed E-state index contributed by atoms with van der Waals surface area (Å²) in [4.78, 5) is 15.8. The zero-order valence-electron chi connectivity index (χ0n) is 9.53. The number of amidine groups is 1. The van der Waals surface area contributed by atoms with Crippen LogP contribution in [0.1, 0.15) is 18.5 Å². The molecule has 1 heterocycles. The Hall–Kier alpha value is -1.55. The molecular weight excluding hydrogens is 238 g/mol. The largest absolute Gasteiger partial charge is 0.364 e. The van der Waals surface area contributed by atoms with Crippen LogP contribution < -0.4 is 10.6 Å². The molecule has 2 rings (SSSR count). The molecule has 5 heteroatoms. The second-order valence-corrected chi connectivity index (χ2v) is 4.34. The number of carbonyl (C=O) groups is 1. The average molecular weight is 252 g/mol. The molecule has 1 aromatic carbocycles. The first-order valence-corrected chi connectivity index (χ1v) is 5.89. The Bertz CT molecular complexity index is 442. The summed E-state index contributed by atoms with van der Waals surface area (Å²) in [6, 6.07) is 7.36. The molecule has 0 bridgehead atoms. The van der Waals surface area contributed by atoms with E-state index in [1.807, 2.05) is 31.2 Å². The minimum absolute atomic E-state index is 0.0649. The fourth-order valence-corrected chi connectivity index (χ4v) is 1.78. The lowest BCUT2D eigenvalue weighted by Crippen LogP contribution is -2.38. The minimum atomic E-state index is -0.162. The van der Waals surface area contributed by atoms with E-state index in [1.54, 1.807) is 0 Å². The zero-order chi connectivity index (χ0) is 12.3. The Morgan fingerprint density at radius 1 is 1.47 bits per heavy atom. The van der Waals surface area contributed by atoms with Crippen molar-refractivity contribution in [2.24, 2.45) is 4.99 Å². The van der Waals surface area contributed by atoms with Crippen LogP contribution in [-0.2, 0) is 4.79 Å². The van der Waals surface area contributed by atoms with Gasteiger partial charge in [0.25, 0.3) is 5.91 Å². The van der Waals surface area contributed by atoms with Crippen molar-refractivity contribution < 1.29 is 4.79 Å². The topological polar surface area (TPSA) is 53.5 Å². The quantitative estimate of drug-likeness (QED) is 0.856. The number of nitrogens with zero attached hydrogens (tertiary/aromatic N) is 1. The predicted octanol–water partition coefficient (Wildman–Crippen LogP) is 1.52. The van der Waals surface area contributed by atoms with Gasteiger partial charge in [-0.3, -0.25) is 9.79 Å². The van der Waals surface area contributed by atoms with Gasteiger partial charge in [0.15, 0.2) is 5.84 Å². The molecule has 90 valence electrons.